The summed E-state index contributed by atoms with van der Waals surface area (Å²) in [5, 5.41) is 2.85. The van der Waals surface area contributed by atoms with Crippen LogP contribution in [-0.2, 0) is 10.0 Å². The summed E-state index contributed by atoms with van der Waals surface area (Å²) in [6.45, 7) is 6.46. The maximum absolute atomic E-state index is 12.8. The summed E-state index contributed by atoms with van der Waals surface area (Å²) in [7, 11) is -1.84. The van der Waals surface area contributed by atoms with E-state index in [0.29, 0.717) is 12.4 Å². The Bertz CT molecular complexity index is 515. The number of hydrogen-bond acceptors (Lipinski definition) is 4. The molecular weight excluding hydrogens is 274 g/mol. The zero-order chi connectivity index (χ0) is 15.2. The molecule has 0 atom stereocenters. The summed E-state index contributed by atoms with van der Waals surface area (Å²) in [6.07, 6.45) is 4.57. The third-order valence-corrected chi connectivity index (χ3v) is 5.26. The van der Waals surface area contributed by atoms with Crippen LogP contribution in [0.2, 0.25) is 0 Å². The molecular formula is C14H25N3O2S. The average molecular weight is 299 g/mol. The smallest absolute Gasteiger partial charge is 0.246 e. The fraction of sp³-hybridized carbons (Fsp3) is 0.643. The van der Waals surface area contributed by atoms with Crippen molar-refractivity contribution in [2.24, 2.45) is 0 Å². The topological polar surface area (TPSA) is 62.3 Å². The molecule has 0 aliphatic carbocycles. The normalized spacial score (nSPS) is 12.1. The SMILES string of the molecule is CCCCCN(C(C)C)S(=O)(=O)c1cccnc1NC. The van der Waals surface area contributed by atoms with Crippen molar-refractivity contribution in [3.63, 3.8) is 0 Å². The van der Waals surface area contributed by atoms with Gasteiger partial charge in [0.2, 0.25) is 10.0 Å². The minimum absolute atomic E-state index is 0.0678. The number of hydrogen-bond donors (Lipinski definition) is 1. The van der Waals surface area contributed by atoms with E-state index < -0.39 is 10.0 Å². The molecule has 0 amide bonds. The Balaban J connectivity index is 3.09. The first kappa shape index (κ1) is 16.9. The third-order valence-electron chi connectivity index (χ3n) is 3.15. The van der Waals surface area contributed by atoms with Gasteiger partial charge in [-0.25, -0.2) is 13.4 Å². The highest BCUT2D eigenvalue weighted by molar-refractivity contribution is 7.89. The number of rotatable bonds is 8. The molecule has 1 rings (SSSR count). The van der Waals surface area contributed by atoms with Crippen LogP contribution in [0.1, 0.15) is 40.0 Å². The summed E-state index contributed by atoms with van der Waals surface area (Å²) in [6, 6.07) is 3.18. The highest BCUT2D eigenvalue weighted by Crippen LogP contribution is 2.24. The van der Waals surface area contributed by atoms with Crippen molar-refractivity contribution in [1.29, 1.82) is 0 Å². The fourth-order valence-electron chi connectivity index (χ4n) is 2.09. The predicted octanol–water partition coefficient (Wildman–Crippen LogP) is 2.71. The summed E-state index contributed by atoms with van der Waals surface area (Å²) >= 11 is 0. The number of unbranched alkanes of at least 4 members (excludes halogenated alkanes) is 2. The van der Waals surface area contributed by atoms with Gasteiger partial charge in [-0.05, 0) is 32.4 Å². The first-order valence-electron chi connectivity index (χ1n) is 7.09. The van der Waals surface area contributed by atoms with E-state index in [2.05, 4.69) is 17.2 Å². The second-order valence-electron chi connectivity index (χ2n) is 5.02. The Morgan fingerprint density at radius 1 is 1.35 bits per heavy atom. The van der Waals surface area contributed by atoms with Crippen LogP contribution in [0.5, 0.6) is 0 Å². The first-order chi connectivity index (χ1) is 9.45. The van der Waals surface area contributed by atoms with Gasteiger partial charge in [0.25, 0.3) is 0 Å². The second-order valence-corrected chi connectivity index (χ2v) is 6.88. The van der Waals surface area contributed by atoms with E-state index in [9.17, 15) is 8.42 Å². The summed E-state index contributed by atoms with van der Waals surface area (Å²) < 4.78 is 27.1. The van der Waals surface area contributed by atoms with Crippen LogP contribution in [0.4, 0.5) is 5.82 Å². The van der Waals surface area contributed by atoms with E-state index in [4.69, 9.17) is 0 Å². The average Bonchev–Trinajstić information content (AvgIpc) is 2.42. The monoisotopic (exact) mass is 299 g/mol. The molecule has 1 aromatic heterocycles. The quantitative estimate of drug-likeness (QED) is 0.750. The van der Waals surface area contributed by atoms with Crippen LogP contribution in [0.3, 0.4) is 0 Å². The van der Waals surface area contributed by atoms with Crippen LogP contribution in [-0.4, -0.2) is 37.3 Å². The minimum atomic E-state index is -3.52. The Labute approximate surface area is 122 Å². The van der Waals surface area contributed by atoms with Gasteiger partial charge >= 0.3 is 0 Å². The lowest BCUT2D eigenvalue weighted by Crippen LogP contribution is -2.38. The van der Waals surface area contributed by atoms with Crippen molar-refractivity contribution in [3.8, 4) is 0 Å². The number of anilines is 1. The van der Waals surface area contributed by atoms with Crippen molar-refractivity contribution in [3.05, 3.63) is 18.3 Å². The predicted molar refractivity (Wildman–Crippen MR) is 82.3 cm³/mol. The standard InChI is InChI=1S/C14H25N3O2S/c1-5-6-7-11-17(12(2)3)20(18,19)13-9-8-10-16-14(13)15-4/h8-10,12H,5-7,11H2,1-4H3,(H,15,16). The maximum atomic E-state index is 12.8. The third kappa shape index (κ3) is 3.93. The first-order valence-corrected chi connectivity index (χ1v) is 8.53. The van der Waals surface area contributed by atoms with Gasteiger partial charge in [0.05, 0.1) is 0 Å². The van der Waals surface area contributed by atoms with Gasteiger partial charge in [-0.15, -0.1) is 0 Å². The van der Waals surface area contributed by atoms with Crippen molar-refractivity contribution in [2.45, 2.75) is 51.0 Å². The summed E-state index contributed by atoms with van der Waals surface area (Å²) in [4.78, 5) is 4.33. The van der Waals surface area contributed by atoms with Gasteiger partial charge in [0.15, 0.2) is 0 Å². The van der Waals surface area contributed by atoms with Gasteiger partial charge in [-0.3, -0.25) is 0 Å². The van der Waals surface area contributed by atoms with E-state index >= 15 is 0 Å². The Hall–Kier alpha value is -1.14. The van der Waals surface area contributed by atoms with E-state index in [1.807, 2.05) is 13.8 Å². The van der Waals surface area contributed by atoms with Gasteiger partial charge in [-0.1, -0.05) is 19.8 Å². The Kier molecular flexibility index (Phi) is 6.42. The van der Waals surface area contributed by atoms with E-state index in [0.717, 1.165) is 19.3 Å². The van der Waals surface area contributed by atoms with Crippen LogP contribution in [0, 0.1) is 0 Å². The Morgan fingerprint density at radius 3 is 2.60 bits per heavy atom. The van der Waals surface area contributed by atoms with Gasteiger partial charge < -0.3 is 5.32 Å². The molecule has 1 heterocycles. The highest BCUT2D eigenvalue weighted by atomic mass is 32.2. The lowest BCUT2D eigenvalue weighted by atomic mass is 10.2. The van der Waals surface area contributed by atoms with Crippen LogP contribution in [0.15, 0.2) is 23.2 Å². The molecule has 20 heavy (non-hydrogen) atoms. The molecule has 1 N–H and O–H groups in total. The lowest BCUT2D eigenvalue weighted by molar-refractivity contribution is 0.345. The van der Waals surface area contributed by atoms with Crippen molar-refractivity contribution in [1.82, 2.24) is 9.29 Å². The fourth-order valence-corrected chi connectivity index (χ4v) is 3.91. The van der Waals surface area contributed by atoms with Crippen molar-refractivity contribution in [2.75, 3.05) is 18.9 Å². The molecule has 0 radical (unpaired) electrons. The zero-order valence-corrected chi connectivity index (χ0v) is 13.6. The number of nitrogens with zero attached hydrogens (tertiary/aromatic N) is 2. The minimum Gasteiger partial charge on any atom is -0.372 e. The van der Waals surface area contributed by atoms with Crippen LogP contribution < -0.4 is 5.32 Å². The summed E-state index contributed by atoms with van der Waals surface area (Å²) in [5.41, 5.74) is 0. The molecule has 1 aromatic rings. The highest BCUT2D eigenvalue weighted by Gasteiger charge is 2.28. The largest absolute Gasteiger partial charge is 0.372 e. The maximum Gasteiger partial charge on any atom is 0.246 e. The number of aromatic nitrogens is 1. The molecule has 0 aliphatic rings. The molecule has 114 valence electrons. The zero-order valence-electron chi connectivity index (χ0n) is 12.8. The molecule has 5 nitrogen and oxygen atoms in total. The molecule has 0 bridgehead atoms. The Morgan fingerprint density at radius 2 is 2.05 bits per heavy atom. The number of nitrogens with one attached hydrogen (secondary N) is 1. The molecule has 0 unspecified atom stereocenters. The van der Waals surface area contributed by atoms with Gasteiger partial charge in [0.1, 0.15) is 10.7 Å². The van der Waals surface area contributed by atoms with E-state index in [-0.39, 0.29) is 10.9 Å². The van der Waals surface area contributed by atoms with Crippen molar-refractivity contribution < 1.29 is 8.42 Å². The van der Waals surface area contributed by atoms with Gasteiger partial charge in [-0.2, -0.15) is 4.31 Å². The molecule has 0 aliphatic heterocycles. The lowest BCUT2D eigenvalue weighted by Gasteiger charge is -2.26. The van der Waals surface area contributed by atoms with E-state index in [1.165, 1.54) is 0 Å². The molecule has 0 aromatic carbocycles. The second kappa shape index (κ2) is 7.59. The summed E-state index contributed by atoms with van der Waals surface area (Å²) in [5.74, 6) is 0.397. The number of sulfonamides is 1. The van der Waals surface area contributed by atoms with Gasteiger partial charge in [0, 0.05) is 25.8 Å². The van der Waals surface area contributed by atoms with Crippen LogP contribution in [0.25, 0.3) is 0 Å². The van der Waals surface area contributed by atoms with Crippen molar-refractivity contribution >= 4 is 15.8 Å². The molecule has 0 saturated heterocycles. The van der Waals surface area contributed by atoms with E-state index in [1.54, 1.807) is 29.7 Å². The number of pyridine rings is 1. The molecule has 6 heteroatoms. The molecule has 0 saturated carbocycles. The molecule has 0 spiro atoms. The molecule has 0 fully saturated rings. The van der Waals surface area contributed by atoms with Crippen LogP contribution >= 0.6 is 0 Å².